The number of carbonyl (C=O) groups is 2. The smallest absolute Gasteiger partial charge is 0.341 e. The van der Waals surface area contributed by atoms with Crippen molar-refractivity contribution in [2.75, 3.05) is 6.54 Å². The first-order valence-corrected chi connectivity index (χ1v) is 9.85. The number of hydrogen-bond donors (Lipinski definition) is 2. The number of carbonyl (C=O) groups excluding carboxylic acids is 2. The number of hydrogen-bond acceptors (Lipinski definition) is 4. The fraction of sp³-hybridized carbons (Fsp3) is 0.476. The number of urea groups is 1. The Bertz CT molecular complexity index is 838. The van der Waals surface area contributed by atoms with E-state index in [1.807, 2.05) is 45.0 Å². The topological polar surface area (TPSA) is 85.2 Å². The normalized spacial score (nSPS) is 19.1. The average molecular weight is 384 g/mol. The summed E-state index contributed by atoms with van der Waals surface area (Å²) in [7, 11) is 0. The molecule has 1 aliphatic rings. The van der Waals surface area contributed by atoms with Crippen molar-refractivity contribution in [1.29, 1.82) is 0 Å². The van der Waals surface area contributed by atoms with Gasteiger partial charge in [-0.3, -0.25) is 0 Å². The Kier molecular flexibility index (Phi) is 6.34. The fourth-order valence-corrected chi connectivity index (χ4v) is 3.59. The van der Waals surface area contributed by atoms with Crippen molar-refractivity contribution < 1.29 is 14.3 Å². The number of para-hydroxylation sites is 1. The van der Waals surface area contributed by atoms with Crippen LogP contribution in [0.5, 0.6) is 0 Å². The van der Waals surface area contributed by atoms with Crippen molar-refractivity contribution in [2.45, 2.75) is 58.6 Å². The van der Waals surface area contributed by atoms with Gasteiger partial charge in [0.1, 0.15) is 11.7 Å². The lowest BCUT2D eigenvalue weighted by molar-refractivity contribution is 0.0187. The summed E-state index contributed by atoms with van der Waals surface area (Å²) in [6.07, 6.45) is 4.54. The molecule has 0 radical (unpaired) electrons. The molecule has 28 heavy (non-hydrogen) atoms. The van der Waals surface area contributed by atoms with Crippen LogP contribution in [0.4, 0.5) is 4.79 Å². The first-order valence-electron chi connectivity index (χ1n) is 9.85. The molecule has 0 saturated heterocycles. The molecule has 1 heterocycles. The molecule has 3 rings (SSSR count). The molecule has 0 atom stereocenters. The van der Waals surface area contributed by atoms with E-state index < -0.39 is 0 Å². The molecular weight excluding hydrogens is 356 g/mol. The molecule has 7 nitrogen and oxygen atoms in total. The van der Waals surface area contributed by atoms with Crippen LogP contribution in [-0.4, -0.2) is 40.5 Å². The van der Waals surface area contributed by atoms with Crippen LogP contribution in [0.15, 0.2) is 30.5 Å². The Morgan fingerprint density at radius 2 is 1.89 bits per heavy atom. The molecule has 7 heteroatoms. The number of amides is 2. The van der Waals surface area contributed by atoms with E-state index in [4.69, 9.17) is 4.74 Å². The number of esters is 1. The van der Waals surface area contributed by atoms with Gasteiger partial charge in [0.15, 0.2) is 0 Å². The zero-order valence-corrected chi connectivity index (χ0v) is 16.7. The minimum absolute atomic E-state index is 0.124. The summed E-state index contributed by atoms with van der Waals surface area (Å²) in [6, 6.07) is 7.92. The number of benzene rings is 1. The van der Waals surface area contributed by atoms with Gasteiger partial charge in [0.25, 0.3) is 0 Å². The molecule has 1 aromatic carbocycles. The summed E-state index contributed by atoms with van der Waals surface area (Å²) < 4.78 is 7.49. The summed E-state index contributed by atoms with van der Waals surface area (Å²) in [5.74, 6) is -0.336. The Balaban J connectivity index is 1.58. The summed E-state index contributed by atoms with van der Waals surface area (Å²) >= 11 is 0. The SMILES string of the molecule is CCNC(=O)NC1CCC(OC(=O)c2cnn(-c3ccccc3C)c2C)CC1. The number of ether oxygens (including phenoxy) is 1. The predicted octanol–water partition coefficient (Wildman–Crippen LogP) is 3.28. The lowest BCUT2D eigenvalue weighted by Gasteiger charge is -2.28. The molecule has 2 N–H and O–H groups in total. The third-order valence-corrected chi connectivity index (χ3v) is 5.19. The highest BCUT2D eigenvalue weighted by Crippen LogP contribution is 2.24. The molecule has 1 aromatic heterocycles. The highest BCUT2D eigenvalue weighted by Gasteiger charge is 2.26. The Hall–Kier alpha value is -2.83. The Labute approximate surface area is 165 Å². The van der Waals surface area contributed by atoms with Gasteiger partial charge in [-0.25, -0.2) is 14.3 Å². The number of aryl methyl sites for hydroxylation is 1. The number of rotatable bonds is 5. The highest BCUT2D eigenvalue weighted by molar-refractivity contribution is 5.90. The van der Waals surface area contributed by atoms with Gasteiger partial charge in [0.05, 0.1) is 17.6 Å². The molecule has 1 fully saturated rings. The van der Waals surface area contributed by atoms with E-state index >= 15 is 0 Å². The monoisotopic (exact) mass is 384 g/mol. The van der Waals surface area contributed by atoms with E-state index in [0.29, 0.717) is 12.1 Å². The summed E-state index contributed by atoms with van der Waals surface area (Å²) in [4.78, 5) is 24.3. The molecular formula is C21H28N4O3. The standard InChI is InChI=1S/C21H28N4O3/c1-4-22-21(27)24-16-9-11-17(12-10-16)28-20(26)18-13-23-25(15(18)3)19-8-6-5-7-14(19)2/h5-8,13,16-17H,4,9-12H2,1-3H3,(H2,22,24,27). The third kappa shape index (κ3) is 4.52. The van der Waals surface area contributed by atoms with Crippen molar-refractivity contribution in [2.24, 2.45) is 0 Å². The van der Waals surface area contributed by atoms with E-state index in [2.05, 4.69) is 15.7 Å². The van der Waals surface area contributed by atoms with Crippen LogP contribution >= 0.6 is 0 Å². The molecule has 1 aliphatic carbocycles. The lowest BCUT2D eigenvalue weighted by Crippen LogP contribution is -2.44. The number of nitrogens with one attached hydrogen (secondary N) is 2. The maximum Gasteiger partial charge on any atom is 0.341 e. The zero-order chi connectivity index (χ0) is 20.1. The molecule has 1 saturated carbocycles. The van der Waals surface area contributed by atoms with Crippen molar-refractivity contribution in [3.63, 3.8) is 0 Å². The van der Waals surface area contributed by atoms with E-state index in [0.717, 1.165) is 42.6 Å². The van der Waals surface area contributed by atoms with Crippen LogP contribution in [0.25, 0.3) is 5.69 Å². The molecule has 2 aromatic rings. The van der Waals surface area contributed by atoms with Gasteiger partial charge < -0.3 is 15.4 Å². The fourth-order valence-electron chi connectivity index (χ4n) is 3.59. The second-order valence-electron chi connectivity index (χ2n) is 7.22. The van der Waals surface area contributed by atoms with E-state index in [1.165, 1.54) is 0 Å². The minimum atomic E-state index is -0.336. The minimum Gasteiger partial charge on any atom is -0.459 e. The number of aromatic nitrogens is 2. The maximum absolute atomic E-state index is 12.7. The zero-order valence-electron chi connectivity index (χ0n) is 16.7. The van der Waals surface area contributed by atoms with Gasteiger partial charge >= 0.3 is 12.0 Å². The van der Waals surface area contributed by atoms with Crippen LogP contribution < -0.4 is 10.6 Å². The molecule has 150 valence electrons. The van der Waals surface area contributed by atoms with Gasteiger partial charge in [-0.05, 0) is 58.1 Å². The van der Waals surface area contributed by atoms with Crippen LogP contribution in [0.3, 0.4) is 0 Å². The summed E-state index contributed by atoms with van der Waals surface area (Å²) in [6.45, 7) is 6.39. The Morgan fingerprint density at radius 1 is 1.18 bits per heavy atom. The Morgan fingerprint density at radius 3 is 2.57 bits per heavy atom. The quantitative estimate of drug-likeness (QED) is 0.775. The van der Waals surface area contributed by atoms with Crippen LogP contribution in [-0.2, 0) is 4.74 Å². The van der Waals surface area contributed by atoms with Gasteiger partial charge in [0.2, 0.25) is 0 Å². The van der Waals surface area contributed by atoms with E-state index in [9.17, 15) is 9.59 Å². The predicted molar refractivity (Wildman–Crippen MR) is 107 cm³/mol. The molecule has 0 aliphatic heterocycles. The third-order valence-electron chi connectivity index (χ3n) is 5.19. The lowest BCUT2D eigenvalue weighted by atomic mass is 9.93. The van der Waals surface area contributed by atoms with Gasteiger partial charge in [-0.1, -0.05) is 18.2 Å². The molecule has 0 spiro atoms. The first kappa shape index (κ1) is 19.9. The second-order valence-corrected chi connectivity index (χ2v) is 7.22. The van der Waals surface area contributed by atoms with Gasteiger partial charge in [-0.15, -0.1) is 0 Å². The van der Waals surface area contributed by atoms with Gasteiger partial charge in [0, 0.05) is 12.6 Å². The summed E-state index contributed by atoms with van der Waals surface area (Å²) in [5, 5.41) is 10.1. The molecule has 0 unspecified atom stereocenters. The van der Waals surface area contributed by atoms with Crippen molar-refractivity contribution in [3.05, 3.63) is 47.3 Å². The van der Waals surface area contributed by atoms with E-state index in [1.54, 1.807) is 10.9 Å². The van der Waals surface area contributed by atoms with Crippen molar-refractivity contribution in [1.82, 2.24) is 20.4 Å². The highest BCUT2D eigenvalue weighted by atomic mass is 16.5. The molecule has 0 bridgehead atoms. The first-order chi connectivity index (χ1) is 13.5. The van der Waals surface area contributed by atoms with Crippen LogP contribution in [0.2, 0.25) is 0 Å². The molecule has 2 amide bonds. The van der Waals surface area contributed by atoms with Crippen LogP contribution in [0, 0.1) is 13.8 Å². The van der Waals surface area contributed by atoms with Crippen molar-refractivity contribution >= 4 is 12.0 Å². The van der Waals surface area contributed by atoms with Crippen molar-refractivity contribution in [3.8, 4) is 5.69 Å². The van der Waals surface area contributed by atoms with Crippen LogP contribution in [0.1, 0.15) is 54.2 Å². The van der Waals surface area contributed by atoms with Gasteiger partial charge in [-0.2, -0.15) is 5.10 Å². The maximum atomic E-state index is 12.7. The summed E-state index contributed by atoms with van der Waals surface area (Å²) in [5.41, 5.74) is 3.30. The van der Waals surface area contributed by atoms with E-state index in [-0.39, 0.29) is 24.1 Å². The number of nitrogens with zero attached hydrogens (tertiary/aromatic N) is 2. The average Bonchev–Trinajstić information content (AvgIpc) is 3.05. The largest absolute Gasteiger partial charge is 0.459 e. The second kappa shape index (κ2) is 8.91.